The van der Waals surface area contributed by atoms with Gasteiger partial charge in [-0.1, -0.05) is 49.8 Å². The highest BCUT2D eigenvalue weighted by Gasteiger charge is 2.57. The Morgan fingerprint density at radius 3 is 2.51 bits per heavy atom. The number of hydrogen-bond acceptors (Lipinski definition) is 5. The van der Waals surface area contributed by atoms with E-state index in [4.69, 9.17) is 4.74 Å². The summed E-state index contributed by atoms with van der Waals surface area (Å²) < 4.78 is 19.2. The molecule has 8 heteroatoms. The fourth-order valence-corrected chi connectivity index (χ4v) is 9.08. The van der Waals surface area contributed by atoms with E-state index in [2.05, 4.69) is 37.0 Å². The maximum absolute atomic E-state index is 13.3. The van der Waals surface area contributed by atoms with Gasteiger partial charge in [-0.05, 0) is 102 Å². The number of carbonyl (C=O) groups is 3. The molecular weight excluding hydrogens is 571 g/mol. The molecule has 0 aliphatic heterocycles. The van der Waals surface area contributed by atoms with Crippen LogP contribution < -0.4 is 0 Å². The molecule has 0 bridgehead atoms. The summed E-state index contributed by atoms with van der Waals surface area (Å²) in [5.74, 6) is -0.567. The third kappa shape index (κ3) is 6.21. The summed E-state index contributed by atoms with van der Waals surface area (Å²) in [7, 11) is 0. The molecule has 1 N–H and O–H groups in total. The molecule has 6 rings (SSSR count). The van der Waals surface area contributed by atoms with Gasteiger partial charge in [0.25, 0.3) is 0 Å². The Hall–Kier alpha value is -3.81. The van der Waals surface area contributed by atoms with E-state index in [0.29, 0.717) is 23.3 Å². The minimum atomic E-state index is -1.15. The zero-order valence-corrected chi connectivity index (χ0v) is 26.2. The molecule has 6 atom stereocenters. The van der Waals surface area contributed by atoms with Gasteiger partial charge in [-0.25, -0.2) is 4.39 Å². The van der Waals surface area contributed by atoms with Gasteiger partial charge in [0.1, 0.15) is 18.5 Å². The zero-order chi connectivity index (χ0) is 31.8. The zero-order valence-electron chi connectivity index (χ0n) is 26.2. The number of hydrogen-bond donors (Lipinski definition) is 1. The molecule has 0 spiro atoms. The van der Waals surface area contributed by atoms with Crippen LogP contribution in [0, 0.1) is 34.4 Å². The average molecular weight is 615 g/mol. The van der Waals surface area contributed by atoms with Gasteiger partial charge in [0.2, 0.25) is 5.91 Å². The van der Waals surface area contributed by atoms with Crippen LogP contribution in [0.5, 0.6) is 0 Å². The molecule has 1 heterocycles. The quantitative estimate of drug-likeness (QED) is 0.242. The first-order valence-electron chi connectivity index (χ1n) is 16.3. The first-order chi connectivity index (χ1) is 21.6. The molecule has 0 radical (unpaired) electrons. The largest absolute Gasteiger partial charge is 0.480 e. The van der Waals surface area contributed by atoms with Gasteiger partial charge in [-0.3, -0.25) is 19.4 Å². The summed E-state index contributed by atoms with van der Waals surface area (Å²) >= 11 is 0. The van der Waals surface area contributed by atoms with Crippen LogP contribution in [0.3, 0.4) is 0 Å². The number of carboxylic acid groups (broad SMARTS) is 1. The van der Waals surface area contributed by atoms with Crippen molar-refractivity contribution in [1.82, 2.24) is 9.88 Å². The number of amides is 1. The Morgan fingerprint density at radius 1 is 1.00 bits per heavy atom. The lowest BCUT2D eigenvalue weighted by molar-refractivity contribution is -0.153. The minimum Gasteiger partial charge on any atom is -0.480 e. The van der Waals surface area contributed by atoms with Crippen molar-refractivity contribution in [2.24, 2.45) is 28.6 Å². The lowest BCUT2D eigenvalue weighted by Gasteiger charge is -2.57. The van der Waals surface area contributed by atoms with E-state index in [9.17, 15) is 23.9 Å². The minimum absolute atomic E-state index is 0.0266. The number of allylic oxidation sites excluding steroid dienone is 3. The van der Waals surface area contributed by atoms with E-state index in [-0.39, 0.29) is 36.3 Å². The molecule has 1 amide bonds. The molecule has 2 aromatic rings. The fraction of sp³-hybridized carbons (Fsp3) is 0.514. The Balaban J connectivity index is 1.04. The third-order valence-electron chi connectivity index (χ3n) is 11.4. The van der Waals surface area contributed by atoms with Crippen LogP contribution in [0.15, 0.2) is 66.5 Å². The summed E-state index contributed by atoms with van der Waals surface area (Å²) in [6, 6.07) is 9.79. The van der Waals surface area contributed by atoms with Crippen LogP contribution in [0.25, 0.3) is 5.57 Å². The number of halogens is 1. The predicted molar refractivity (Wildman–Crippen MR) is 168 cm³/mol. The van der Waals surface area contributed by atoms with Gasteiger partial charge in [-0.2, -0.15) is 0 Å². The second-order valence-electron chi connectivity index (χ2n) is 13.9. The number of carbonyl (C=O) groups excluding carboxylic acids is 2. The van der Waals surface area contributed by atoms with E-state index < -0.39 is 30.2 Å². The van der Waals surface area contributed by atoms with Gasteiger partial charge < -0.3 is 14.7 Å². The molecule has 45 heavy (non-hydrogen) atoms. The molecule has 7 nitrogen and oxygen atoms in total. The lowest BCUT2D eigenvalue weighted by Crippen LogP contribution is -2.50. The van der Waals surface area contributed by atoms with Crippen molar-refractivity contribution in [2.75, 3.05) is 6.54 Å². The molecule has 1 unspecified atom stereocenters. The van der Waals surface area contributed by atoms with Crippen molar-refractivity contribution in [1.29, 1.82) is 0 Å². The summed E-state index contributed by atoms with van der Waals surface area (Å²) in [6.45, 7) is 4.42. The number of pyridine rings is 1. The summed E-state index contributed by atoms with van der Waals surface area (Å²) in [5, 5.41) is 9.30. The number of aliphatic carboxylic acids is 1. The number of ether oxygens (including phenoxy) is 1. The van der Waals surface area contributed by atoms with Gasteiger partial charge in [-0.15, -0.1) is 0 Å². The highest BCUT2D eigenvalue weighted by molar-refractivity contribution is 5.84. The first-order valence-corrected chi connectivity index (χ1v) is 16.3. The molecule has 2 fully saturated rings. The molecule has 2 saturated carbocycles. The van der Waals surface area contributed by atoms with Crippen LogP contribution in [0.4, 0.5) is 4.39 Å². The number of aromatic nitrogens is 1. The SMILES string of the molecule is C[C@]12CC[C@H](OC(=O)CCC(=O)N(CC(=O)O)Cc3ccc(F)cc3)CC1=CC[C@H]1C3CC=C(c4cccnc4)[C@@]3(C)CC[C@@H]12. The summed E-state index contributed by atoms with van der Waals surface area (Å²) in [6.07, 6.45) is 15.4. The molecule has 0 saturated heterocycles. The van der Waals surface area contributed by atoms with Crippen LogP contribution in [0.2, 0.25) is 0 Å². The van der Waals surface area contributed by atoms with E-state index in [1.54, 1.807) is 0 Å². The average Bonchev–Trinajstić information content (AvgIpc) is 3.38. The molecule has 4 aliphatic rings. The number of benzene rings is 1. The molecule has 1 aromatic heterocycles. The van der Waals surface area contributed by atoms with Crippen LogP contribution in [-0.4, -0.2) is 45.5 Å². The van der Waals surface area contributed by atoms with Crippen molar-refractivity contribution in [2.45, 2.75) is 84.3 Å². The second kappa shape index (κ2) is 12.5. The number of rotatable bonds is 9. The van der Waals surface area contributed by atoms with Crippen LogP contribution in [-0.2, 0) is 25.7 Å². The molecule has 238 valence electrons. The van der Waals surface area contributed by atoms with E-state index in [0.717, 1.165) is 32.1 Å². The highest BCUT2D eigenvalue weighted by atomic mass is 19.1. The fourth-order valence-electron chi connectivity index (χ4n) is 9.08. The molecular formula is C37H43FN2O5. The van der Waals surface area contributed by atoms with Gasteiger partial charge in [0, 0.05) is 31.8 Å². The molecule has 4 aliphatic carbocycles. The van der Waals surface area contributed by atoms with Crippen LogP contribution in [0.1, 0.15) is 82.8 Å². The van der Waals surface area contributed by atoms with Gasteiger partial charge >= 0.3 is 11.9 Å². The Bertz CT molecular complexity index is 1500. The van der Waals surface area contributed by atoms with Crippen molar-refractivity contribution in [3.05, 3.63) is 83.5 Å². The van der Waals surface area contributed by atoms with E-state index in [1.165, 1.54) is 58.7 Å². The van der Waals surface area contributed by atoms with E-state index in [1.807, 2.05) is 18.5 Å². The first kappa shape index (κ1) is 31.2. The molecule has 1 aromatic carbocycles. The van der Waals surface area contributed by atoms with E-state index >= 15 is 0 Å². The van der Waals surface area contributed by atoms with Crippen LogP contribution >= 0.6 is 0 Å². The number of fused-ring (bicyclic) bond motifs is 5. The predicted octanol–water partition coefficient (Wildman–Crippen LogP) is 6.98. The summed E-state index contributed by atoms with van der Waals surface area (Å²) in [5.41, 5.74) is 5.04. The normalized spacial score (nSPS) is 30.2. The van der Waals surface area contributed by atoms with Crippen molar-refractivity contribution < 1.29 is 28.6 Å². The maximum atomic E-state index is 13.3. The number of carboxylic acids is 1. The van der Waals surface area contributed by atoms with Crippen molar-refractivity contribution in [3.8, 4) is 0 Å². The second-order valence-corrected chi connectivity index (χ2v) is 13.9. The standard InChI is InChI=1S/C37H43FN2O5/c1-36-17-15-28(45-35(44)14-13-33(41)40(23-34(42)43)22-24-5-8-27(38)9-6-24)20-26(36)7-10-29-31-12-11-30(25-4-3-19-39-21-25)37(31,2)18-16-32(29)36/h3-9,11,19,21,28-29,31-32H,10,12-18,20,22-23H2,1-2H3,(H,42,43)/t28-,29-,31?,32-,36-,37+/m0/s1. The topological polar surface area (TPSA) is 96.8 Å². The Labute approximate surface area is 264 Å². The smallest absolute Gasteiger partial charge is 0.323 e. The maximum Gasteiger partial charge on any atom is 0.323 e. The van der Waals surface area contributed by atoms with Crippen molar-refractivity contribution in [3.63, 3.8) is 0 Å². The third-order valence-corrected chi connectivity index (χ3v) is 11.4. The number of nitrogens with zero attached hydrogens (tertiary/aromatic N) is 2. The Morgan fingerprint density at radius 2 is 1.78 bits per heavy atom. The highest BCUT2D eigenvalue weighted by Crippen LogP contribution is 2.66. The van der Waals surface area contributed by atoms with Gasteiger partial charge in [0.15, 0.2) is 0 Å². The number of esters is 1. The monoisotopic (exact) mass is 614 g/mol. The van der Waals surface area contributed by atoms with Gasteiger partial charge in [0.05, 0.1) is 6.42 Å². The lowest BCUT2D eigenvalue weighted by atomic mass is 9.47. The summed E-state index contributed by atoms with van der Waals surface area (Å²) in [4.78, 5) is 42.7. The Kier molecular flexibility index (Phi) is 8.68. The van der Waals surface area contributed by atoms with Crippen molar-refractivity contribution >= 4 is 23.4 Å².